The van der Waals surface area contributed by atoms with E-state index in [1.54, 1.807) is 12.4 Å². The van der Waals surface area contributed by atoms with E-state index in [0.29, 0.717) is 4.88 Å². The maximum atomic E-state index is 10.4. The molecule has 0 unspecified atom stereocenters. The Hall–Kier alpha value is -2.55. The number of carbonyl (C=O) groups excluding carboxylic acids is 1. The number of thiazole rings is 2. The van der Waals surface area contributed by atoms with E-state index >= 15 is 0 Å². The van der Waals surface area contributed by atoms with Gasteiger partial charge in [-0.15, -0.1) is 22.7 Å². The number of hydrogen-bond acceptors (Lipinski definition) is 8. The van der Waals surface area contributed by atoms with E-state index in [4.69, 9.17) is 12.8 Å². The Bertz CT molecular complexity index is 1050. The second-order valence-electron chi connectivity index (χ2n) is 5.27. The molecule has 0 saturated carbocycles. The van der Waals surface area contributed by atoms with Crippen LogP contribution in [-0.2, 0) is 29.1 Å². The molecule has 0 atom stereocenters. The number of aliphatic hydroxyl groups excluding tert-OH is 1. The third kappa shape index (κ3) is 7.41. The average Bonchev–Trinajstić information content (AvgIpc) is 3.46. The van der Waals surface area contributed by atoms with Gasteiger partial charge in [0.15, 0.2) is 6.29 Å². The van der Waals surface area contributed by atoms with Gasteiger partial charge in [-0.3, -0.25) is 4.79 Å². The summed E-state index contributed by atoms with van der Waals surface area (Å²) in [5, 5.41) is 10.7. The van der Waals surface area contributed by atoms with Gasteiger partial charge in [-0.2, -0.15) is 0 Å². The number of benzene rings is 2. The number of rotatable bonds is 4. The second-order valence-corrected chi connectivity index (χ2v) is 7.64. The Balaban J connectivity index is 0.000000183. The van der Waals surface area contributed by atoms with Crippen LogP contribution in [0.25, 0.3) is 21.1 Å². The molecule has 2 aromatic carbocycles. The molecule has 0 aliphatic heterocycles. The normalized spacial score (nSPS) is 9.41. The zero-order valence-electron chi connectivity index (χ0n) is 15.0. The third-order valence-electron chi connectivity index (χ3n) is 3.39. The van der Waals surface area contributed by atoms with Crippen LogP contribution in [0.4, 0.5) is 0 Å². The molecule has 0 radical (unpaired) electrons. The van der Waals surface area contributed by atoms with Crippen LogP contribution in [0.2, 0.25) is 0 Å². The zero-order chi connectivity index (χ0) is 20.9. The number of aldehydes is 1. The van der Waals surface area contributed by atoms with Crippen molar-refractivity contribution in [2.75, 3.05) is 0 Å². The third-order valence-corrected chi connectivity index (χ3v) is 5.39. The SMILES string of the molecule is O=Cc1cnc(-c2ccccc2)s1.OCc1cnc(-c2ccccc2)s1.[O]=[Mn]=[O]. The molecule has 0 aliphatic rings. The molecule has 0 amide bonds. The Kier molecular flexibility index (Phi) is 10.0. The van der Waals surface area contributed by atoms with Gasteiger partial charge in [0.1, 0.15) is 10.0 Å². The first kappa shape index (κ1) is 22.7. The molecule has 0 bridgehead atoms. The van der Waals surface area contributed by atoms with Gasteiger partial charge >= 0.3 is 22.5 Å². The minimum absolute atomic E-state index is 0.0739. The van der Waals surface area contributed by atoms with Crippen molar-refractivity contribution in [1.29, 1.82) is 0 Å². The van der Waals surface area contributed by atoms with Gasteiger partial charge in [0, 0.05) is 23.5 Å². The first-order valence-corrected chi connectivity index (χ1v) is 10.8. The predicted molar refractivity (Wildman–Crippen MR) is 108 cm³/mol. The molecule has 0 fully saturated rings. The Labute approximate surface area is 181 Å². The molecule has 6 nitrogen and oxygen atoms in total. The molecular formula is C20H16MnN2O4S2. The van der Waals surface area contributed by atoms with Crippen LogP contribution in [0.1, 0.15) is 14.5 Å². The van der Waals surface area contributed by atoms with Gasteiger partial charge in [-0.05, 0) is 0 Å². The van der Waals surface area contributed by atoms with E-state index in [1.807, 2.05) is 60.7 Å². The molecule has 9 heteroatoms. The molecule has 2 heterocycles. The minimum atomic E-state index is -1.44. The number of aliphatic hydroxyl groups is 1. The van der Waals surface area contributed by atoms with Gasteiger partial charge < -0.3 is 5.11 Å². The van der Waals surface area contributed by atoms with Crippen molar-refractivity contribution in [2.45, 2.75) is 6.61 Å². The summed E-state index contributed by atoms with van der Waals surface area (Å²) in [7, 11) is 0. The summed E-state index contributed by atoms with van der Waals surface area (Å²) in [4.78, 5) is 20.3. The summed E-state index contributed by atoms with van der Waals surface area (Å²) in [6, 6.07) is 19.8. The number of hydrogen-bond donors (Lipinski definition) is 1. The van der Waals surface area contributed by atoms with E-state index in [1.165, 1.54) is 22.7 Å². The van der Waals surface area contributed by atoms with E-state index in [2.05, 4.69) is 9.97 Å². The van der Waals surface area contributed by atoms with E-state index in [0.717, 1.165) is 32.3 Å². The van der Waals surface area contributed by atoms with Crippen LogP contribution < -0.4 is 0 Å². The van der Waals surface area contributed by atoms with Crippen LogP contribution in [0, 0.1) is 0 Å². The first-order chi connectivity index (χ1) is 14.2. The maximum absolute atomic E-state index is 10.4. The standard InChI is InChI=1S/C10H9NOS.C10H7NOS.Mn.2O/c2*12-7-9-6-11-10(13-9)8-4-2-1-3-5-8;;;/h1-6,12H,7H2;1-7H;;;. The fourth-order valence-electron chi connectivity index (χ4n) is 2.15. The van der Waals surface area contributed by atoms with E-state index < -0.39 is 14.8 Å². The molecule has 1 N–H and O–H groups in total. The summed E-state index contributed by atoms with van der Waals surface area (Å²) < 4.78 is 16.8. The monoisotopic (exact) mass is 467 g/mol. The quantitative estimate of drug-likeness (QED) is 0.346. The Morgan fingerprint density at radius 1 is 0.828 bits per heavy atom. The summed E-state index contributed by atoms with van der Waals surface area (Å²) >= 11 is 1.49. The number of nitrogens with zero attached hydrogens (tertiary/aromatic N) is 2. The molecule has 0 spiro atoms. The fourth-order valence-corrected chi connectivity index (χ4v) is 3.66. The van der Waals surface area contributed by atoms with E-state index in [9.17, 15) is 4.79 Å². The van der Waals surface area contributed by atoms with Crippen molar-refractivity contribution in [3.8, 4) is 21.1 Å². The summed E-state index contributed by atoms with van der Waals surface area (Å²) in [6.45, 7) is 0.0739. The topological polar surface area (TPSA) is 97.2 Å². The van der Waals surface area contributed by atoms with Crippen molar-refractivity contribution in [3.63, 3.8) is 0 Å². The molecule has 149 valence electrons. The van der Waals surface area contributed by atoms with Crippen LogP contribution in [-0.4, -0.2) is 21.4 Å². The van der Waals surface area contributed by atoms with Gasteiger partial charge in [-0.1, -0.05) is 60.7 Å². The van der Waals surface area contributed by atoms with Crippen molar-refractivity contribution >= 4 is 29.0 Å². The molecule has 2 aromatic heterocycles. The van der Waals surface area contributed by atoms with Crippen molar-refractivity contribution in [1.82, 2.24) is 9.97 Å². The van der Waals surface area contributed by atoms with Gasteiger partial charge in [-0.25, -0.2) is 9.97 Å². The molecule has 4 aromatic rings. The van der Waals surface area contributed by atoms with Crippen molar-refractivity contribution in [2.24, 2.45) is 0 Å². The zero-order valence-corrected chi connectivity index (χ0v) is 17.8. The van der Waals surface area contributed by atoms with Crippen LogP contribution in [0.5, 0.6) is 0 Å². The van der Waals surface area contributed by atoms with Crippen LogP contribution in [0.3, 0.4) is 0 Å². The van der Waals surface area contributed by atoms with Crippen LogP contribution in [0.15, 0.2) is 73.1 Å². The Morgan fingerprint density at radius 3 is 1.72 bits per heavy atom. The van der Waals surface area contributed by atoms with Crippen molar-refractivity contribution < 1.29 is 32.4 Å². The predicted octanol–water partition coefficient (Wildman–Crippen LogP) is 4.68. The molecule has 4 rings (SSSR count). The Morgan fingerprint density at radius 2 is 1.31 bits per heavy atom. The molecular weight excluding hydrogens is 451 g/mol. The number of aromatic nitrogens is 2. The van der Waals surface area contributed by atoms with Gasteiger partial charge in [0.2, 0.25) is 0 Å². The molecule has 0 aliphatic carbocycles. The van der Waals surface area contributed by atoms with Crippen LogP contribution >= 0.6 is 22.7 Å². The number of carbonyl (C=O) groups is 1. The summed E-state index contributed by atoms with van der Waals surface area (Å²) in [6.07, 6.45) is 4.14. The van der Waals surface area contributed by atoms with E-state index in [-0.39, 0.29) is 6.61 Å². The fraction of sp³-hybridized carbons (Fsp3) is 0.0500. The van der Waals surface area contributed by atoms with Gasteiger partial charge in [0.05, 0.1) is 16.4 Å². The summed E-state index contributed by atoms with van der Waals surface area (Å²) in [5.41, 5.74) is 2.16. The molecule has 0 saturated heterocycles. The first-order valence-electron chi connectivity index (χ1n) is 8.18. The van der Waals surface area contributed by atoms with Crippen molar-refractivity contribution in [3.05, 3.63) is 82.8 Å². The summed E-state index contributed by atoms with van der Waals surface area (Å²) in [5.74, 6) is 0. The average molecular weight is 467 g/mol. The van der Waals surface area contributed by atoms with Gasteiger partial charge in [0.25, 0.3) is 0 Å². The molecule has 29 heavy (non-hydrogen) atoms. The second kappa shape index (κ2) is 12.8.